The number of aromatic carboxylic acids is 1. The van der Waals surface area contributed by atoms with Crippen LogP contribution in [0.1, 0.15) is 46.8 Å². The predicted octanol–water partition coefficient (Wildman–Crippen LogP) is 4.81. The fourth-order valence-electron chi connectivity index (χ4n) is 4.50. The van der Waals surface area contributed by atoms with Crippen LogP contribution in [0.3, 0.4) is 0 Å². The van der Waals surface area contributed by atoms with E-state index in [-0.39, 0.29) is 5.92 Å². The lowest BCUT2D eigenvalue weighted by molar-refractivity contribution is 0.0695. The molecule has 0 amide bonds. The summed E-state index contributed by atoms with van der Waals surface area (Å²) in [4.78, 5) is 20.9. The van der Waals surface area contributed by atoms with Crippen LogP contribution in [0.4, 0.5) is 5.82 Å². The maximum Gasteiger partial charge on any atom is 0.339 e. The van der Waals surface area contributed by atoms with E-state index < -0.39 is 5.97 Å². The van der Waals surface area contributed by atoms with Crippen LogP contribution in [0.15, 0.2) is 60.8 Å². The van der Waals surface area contributed by atoms with Gasteiger partial charge in [0.1, 0.15) is 29.5 Å². The van der Waals surface area contributed by atoms with E-state index in [0.717, 1.165) is 55.3 Å². The second-order valence-corrected chi connectivity index (χ2v) is 9.07. The number of ether oxygens (including phenoxy) is 2. The third kappa shape index (κ3) is 5.92. The molecule has 7 heteroatoms. The van der Waals surface area contributed by atoms with Crippen LogP contribution in [-0.4, -0.2) is 54.2 Å². The van der Waals surface area contributed by atoms with Crippen molar-refractivity contribution in [2.75, 3.05) is 38.2 Å². The molecule has 1 aliphatic rings. The van der Waals surface area contributed by atoms with Crippen LogP contribution in [0, 0.1) is 0 Å². The number of piperazine rings is 1. The summed E-state index contributed by atoms with van der Waals surface area (Å²) in [6.45, 7) is 8.41. The SMILES string of the molecule is COc1ccccc1COc1cccc(CN2CCN(c3nccc(C(C)C)c3C(=O)O)CC2)c1. The number of nitrogens with zero attached hydrogens (tertiary/aromatic N) is 3. The van der Waals surface area contributed by atoms with Crippen molar-refractivity contribution < 1.29 is 19.4 Å². The van der Waals surface area contributed by atoms with Gasteiger partial charge in [-0.15, -0.1) is 0 Å². The van der Waals surface area contributed by atoms with Gasteiger partial charge in [-0.2, -0.15) is 0 Å². The molecule has 0 radical (unpaired) electrons. The quantitative estimate of drug-likeness (QED) is 0.476. The molecule has 2 aromatic carbocycles. The van der Waals surface area contributed by atoms with Gasteiger partial charge in [0.05, 0.1) is 7.11 Å². The van der Waals surface area contributed by atoms with E-state index >= 15 is 0 Å². The smallest absolute Gasteiger partial charge is 0.339 e. The Kier molecular flexibility index (Phi) is 7.87. The monoisotopic (exact) mass is 475 g/mol. The Bertz CT molecular complexity index is 1160. The number of rotatable bonds is 9. The van der Waals surface area contributed by atoms with E-state index in [9.17, 15) is 9.90 Å². The summed E-state index contributed by atoms with van der Waals surface area (Å²) in [5.41, 5.74) is 3.35. The molecule has 1 aliphatic heterocycles. The zero-order valence-electron chi connectivity index (χ0n) is 20.6. The van der Waals surface area contributed by atoms with Crippen LogP contribution < -0.4 is 14.4 Å². The maximum absolute atomic E-state index is 12.0. The summed E-state index contributed by atoms with van der Waals surface area (Å²) in [5, 5.41) is 9.85. The Balaban J connectivity index is 1.37. The van der Waals surface area contributed by atoms with Gasteiger partial charge in [0.2, 0.25) is 0 Å². The third-order valence-corrected chi connectivity index (χ3v) is 6.36. The second-order valence-electron chi connectivity index (χ2n) is 9.07. The molecule has 1 aromatic heterocycles. The van der Waals surface area contributed by atoms with Gasteiger partial charge in [-0.05, 0) is 41.3 Å². The largest absolute Gasteiger partial charge is 0.496 e. The van der Waals surface area contributed by atoms with Crippen LogP contribution in [-0.2, 0) is 13.2 Å². The predicted molar refractivity (Wildman–Crippen MR) is 137 cm³/mol. The van der Waals surface area contributed by atoms with Crippen LogP contribution in [0.25, 0.3) is 0 Å². The summed E-state index contributed by atoms with van der Waals surface area (Å²) >= 11 is 0. The molecule has 4 rings (SSSR count). The summed E-state index contributed by atoms with van der Waals surface area (Å²) in [6, 6.07) is 17.9. The lowest BCUT2D eigenvalue weighted by Crippen LogP contribution is -2.46. The minimum absolute atomic E-state index is 0.126. The van der Waals surface area contributed by atoms with Crippen molar-refractivity contribution in [2.45, 2.75) is 32.9 Å². The van der Waals surface area contributed by atoms with Crippen molar-refractivity contribution in [2.24, 2.45) is 0 Å². The summed E-state index contributed by atoms with van der Waals surface area (Å²) < 4.78 is 11.4. The Morgan fingerprint density at radius 2 is 1.83 bits per heavy atom. The van der Waals surface area contributed by atoms with Crippen LogP contribution in [0.5, 0.6) is 11.5 Å². The highest BCUT2D eigenvalue weighted by molar-refractivity contribution is 5.95. The molecule has 7 nitrogen and oxygen atoms in total. The average molecular weight is 476 g/mol. The first-order valence-electron chi connectivity index (χ1n) is 12.0. The normalized spacial score (nSPS) is 14.2. The molecule has 0 spiro atoms. The number of carboxylic acids is 1. The number of para-hydroxylation sites is 1. The molecule has 0 unspecified atom stereocenters. The number of aromatic nitrogens is 1. The van der Waals surface area contributed by atoms with Crippen LogP contribution in [0.2, 0.25) is 0 Å². The molecule has 3 aromatic rings. The van der Waals surface area contributed by atoms with Gasteiger partial charge < -0.3 is 19.5 Å². The lowest BCUT2D eigenvalue weighted by atomic mass is 9.98. The van der Waals surface area contributed by atoms with Crippen LogP contribution >= 0.6 is 0 Å². The summed E-state index contributed by atoms with van der Waals surface area (Å²) in [6.07, 6.45) is 1.72. The van der Waals surface area contributed by atoms with E-state index in [1.165, 1.54) is 5.56 Å². The van der Waals surface area contributed by atoms with E-state index in [1.807, 2.05) is 56.3 Å². The number of hydrogen-bond donors (Lipinski definition) is 1. The van der Waals surface area contributed by atoms with Crippen molar-refractivity contribution in [1.82, 2.24) is 9.88 Å². The number of anilines is 1. The maximum atomic E-state index is 12.0. The number of benzene rings is 2. The van der Waals surface area contributed by atoms with Gasteiger partial charge in [0, 0.05) is 44.5 Å². The lowest BCUT2D eigenvalue weighted by Gasteiger charge is -2.36. The first-order valence-corrected chi connectivity index (χ1v) is 12.0. The van der Waals surface area contributed by atoms with E-state index in [2.05, 4.69) is 26.9 Å². The molecule has 0 atom stereocenters. The molecule has 0 aliphatic carbocycles. The molecule has 0 saturated carbocycles. The molecule has 1 fully saturated rings. The third-order valence-electron chi connectivity index (χ3n) is 6.36. The molecular formula is C28H33N3O4. The molecule has 2 heterocycles. The standard InChI is InChI=1S/C28H33N3O4/c1-20(2)24-11-12-29-27(26(24)28(32)33)31-15-13-30(14-16-31)18-21-7-6-9-23(17-21)35-19-22-8-4-5-10-25(22)34-3/h4-12,17,20H,13-16,18-19H2,1-3H3,(H,32,33). The fourth-order valence-corrected chi connectivity index (χ4v) is 4.50. The number of hydrogen-bond acceptors (Lipinski definition) is 6. The van der Waals surface area contributed by atoms with E-state index in [4.69, 9.17) is 9.47 Å². The van der Waals surface area contributed by atoms with Crippen molar-refractivity contribution in [1.29, 1.82) is 0 Å². The summed E-state index contributed by atoms with van der Waals surface area (Å²) in [7, 11) is 1.67. The highest BCUT2D eigenvalue weighted by Gasteiger charge is 2.25. The zero-order chi connectivity index (χ0) is 24.8. The Labute approximate surface area is 206 Å². The van der Waals surface area contributed by atoms with Crippen molar-refractivity contribution >= 4 is 11.8 Å². The average Bonchev–Trinajstić information content (AvgIpc) is 2.87. The Morgan fingerprint density at radius 3 is 2.54 bits per heavy atom. The number of methoxy groups -OCH3 is 1. The first kappa shape index (κ1) is 24.5. The van der Waals surface area contributed by atoms with Gasteiger partial charge >= 0.3 is 5.97 Å². The van der Waals surface area contributed by atoms with Gasteiger partial charge in [-0.1, -0.05) is 44.2 Å². The Hall–Kier alpha value is -3.58. The minimum Gasteiger partial charge on any atom is -0.496 e. The van der Waals surface area contributed by atoms with Gasteiger partial charge in [-0.25, -0.2) is 9.78 Å². The topological polar surface area (TPSA) is 75.1 Å². The summed E-state index contributed by atoms with van der Waals surface area (Å²) in [5.74, 6) is 1.44. The molecule has 184 valence electrons. The second kappa shape index (κ2) is 11.2. The molecule has 1 N–H and O–H groups in total. The number of carboxylic acid groups (broad SMARTS) is 1. The zero-order valence-corrected chi connectivity index (χ0v) is 20.6. The molecule has 1 saturated heterocycles. The fraction of sp³-hybridized carbons (Fsp3) is 0.357. The number of pyridine rings is 1. The molecular weight excluding hydrogens is 442 g/mol. The van der Waals surface area contributed by atoms with Crippen molar-refractivity contribution in [3.63, 3.8) is 0 Å². The van der Waals surface area contributed by atoms with Crippen molar-refractivity contribution in [3.05, 3.63) is 83.0 Å². The minimum atomic E-state index is -0.913. The van der Waals surface area contributed by atoms with Gasteiger partial charge in [-0.3, -0.25) is 4.90 Å². The Morgan fingerprint density at radius 1 is 1.06 bits per heavy atom. The molecule has 0 bridgehead atoms. The molecule has 35 heavy (non-hydrogen) atoms. The van der Waals surface area contributed by atoms with E-state index in [0.29, 0.717) is 18.0 Å². The first-order chi connectivity index (χ1) is 17.0. The number of carbonyl (C=O) groups is 1. The van der Waals surface area contributed by atoms with Gasteiger partial charge in [0.25, 0.3) is 0 Å². The van der Waals surface area contributed by atoms with Gasteiger partial charge in [0.15, 0.2) is 0 Å². The highest BCUT2D eigenvalue weighted by Crippen LogP contribution is 2.28. The highest BCUT2D eigenvalue weighted by atomic mass is 16.5. The van der Waals surface area contributed by atoms with Crippen molar-refractivity contribution in [3.8, 4) is 11.5 Å². The van der Waals surface area contributed by atoms with E-state index in [1.54, 1.807) is 13.3 Å².